The molecule has 34 heavy (non-hydrogen) atoms. The number of aromatic amines is 1. The summed E-state index contributed by atoms with van der Waals surface area (Å²) in [7, 11) is 0. The standard InChI is InChI=1S/C27H23N3O3S/c1-17(26(31)32)16-29-27-30-24(25(34-27)22-8-5-9-23-21(22)14-15-28-23)18-10-12-20(13-11-18)33-19-6-3-2-4-7-19/h2-15,17,28H,16H2,1H3,(H,29,30)(H,31,32). The quantitative estimate of drug-likeness (QED) is 0.230. The predicted molar refractivity (Wildman–Crippen MR) is 137 cm³/mol. The second-order valence-electron chi connectivity index (χ2n) is 8.00. The minimum Gasteiger partial charge on any atom is -0.481 e. The molecule has 6 nitrogen and oxygen atoms in total. The number of para-hydroxylation sites is 1. The molecule has 0 aliphatic rings. The van der Waals surface area contributed by atoms with Gasteiger partial charge in [0.25, 0.3) is 0 Å². The molecule has 3 aromatic carbocycles. The first-order valence-electron chi connectivity index (χ1n) is 11.0. The van der Waals surface area contributed by atoms with E-state index in [4.69, 9.17) is 9.72 Å². The smallest absolute Gasteiger partial charge is 0.308 e. The van der Waals surface area contributed by atoms with Crippen LogP contribution in [0.3, 0.4) is 0 Å². The van der Waals surface area contributed by atoms with E-state index in [1.807, 2.05) is 72.9 Å². The summed E-state index contributed by atoms with van der Waals surface area (Å²) < 4.78 is 5.93. The summed E-state index contributed by atoms with van der Waals surface area (Å²) in [6.45, 7) is 1.98. The van der Waals surface area contributed by atoms with Crippen molar-refractivity contribution in [1.29, 1.82) is 0 Å². The monoisotopic (exact) mass is 469 g/mol. The maximum Gasteiger partial charge on any atom is 0.308 e. The SMILES string of the molecule is CC(CNc1nc(-c2ccc(Oc3ccccc3)cc2)c(-c2cccc3[nH]ccc23)s1)C(=O)O. The summed E-state index contributed by atoms with van der Waals surface area (Å²) in [6.07, 6.45) is 1.93. The fraction of sp³-hybridized carbons (Fsp3) is 0.111. The number of carbonyl (C=O) groups is 1. The van der Waals surface area contributed by atoms with E-state index in [9.17, 15) is 9.90 Å². The average molecular weight is 470 g/mol. The van der Waals surface area contributed by atoms with Crippen LogP contribution in [0, 0.1) is 5.92 Å². The van der Waals surface area contributed by atoms with E-state index in [1.165, 1.54) is 11.3 Å². The molecule has 0 aliphatic heterocycles. The van der Waals surface area contributed by atoms with Crippen molar-refractivity contribution in [2.24, 2.45) is 5.92 Å². The molecule has 0 radical (unpaired) electrons. The number of hydrogen-bond acceptors (Lipinski definition) is 5. The van der Waals surface area contributed by atoms with E-state index in [-0.39, 0.29) is 0 Å². The summed E-state index contributed by atoms with van der Waals surface area (Å²) in [5.41, 5.74) is 3.93. The number of aromatic nitrogens is 2. The number of carboxylic acid groups (broad SMARTS) is 1. The lowest BCUT2D eigenvalue weighted by Crippen LogP contribution is -2.19. The van der Waals surface area contributed by atoms with E-state index in [0.717, 1.165) is 44.1 Å². The summed E-state index contributed by atoms with van der Waals surface area (Å²) >= 11 is 1.53. The summed E-state index contributed by atoms with van der Waals surface area (Å²) in [4.78, 5) is 20.4. The lowest BCUT2D eigenvalue weighted by molar-refractivity contribution is -0.140. The molecule has 5 aromatic rings. The van der Waals surface area contributed by atoms with Gasteiger partial charge >= 0.3 is 5.97 Å². The van der Waals surface area contributed by atoms with Gasteiger partial charge in [0, 0.05) is 34.8 Å². The van der Waals surface area contributed by atoms with Gasteiger partial charge in [-0.15, -0.1) is 0 Å². The number of H-pyrrole nitrogens is 1. The molecular formula is C27H23N3O3S. The molecule has 0 aliphatic carbocycles. The van der Waals surface area contributed by atoms with Crippen molar-refractivity contribution in [3.8, 4) is 33.2 Å². The van der Waals surface area contributed by atoms with Crippen molar-refractivity contribution in [2.45, 2.75) is 6.92 Å². The summed E-state index contributed by atoms with van der Waals surface area (Å²) in [6, 6.07) is 25.7. The molecule has 0 bridgehead atoms. The third-order valence-corrected chi connectivity index (χ3v) is 6.60. The highest BCUT2D eigenvalue weighted by Gasteiger charge is 2.19. The first-order chi connectivity index (χ1) is 16.6. The Kier molecular flexibility index (Phi) is 6.01. The number of nitrogens with zero attached hydrogens (tertiary/aromatic N) is 1. The van der Waals surface area contributed by atoms with E-state index in [0.29, 0.717) is 11.7 Å². The Labute approximate surface area is 200 Å². The van der Waals surface area contributed by atoms with Gasteiger partial charge in [-0.3, -0.25) is 4.79 Å². The summed E-state index contributed by atoms with van der Waals surface area (Å²) in [5.74, 6) is 0.171. The maximum atomic E-state index is 11.2. The average Bonchev–Trinajstić information content (AvgIpc) is 3.51. The van der Waals surface area contributed by atoms with Gasteiger partial charge in [0.2, 0.25) is 0 Å². The number of fused-ring (bicyclic) bond motifs is 1. The van der Waals surface area contributed by atoms with E-state index >= 15 is 0 Å². The lowest BCUT2D eigenvalue weighted by atomic mass is 10.0. The minimum atomic E-state index is -0.837. The fourth-order valence-corrected chi connectivity index (χ4v) is 4.72. The minimum absolute atomic E-state index is 0.305. The molecule has 170 valence electrons. The number of thiazole rings is 1. The molecule has 0 saturated heterocycles. The normalized spacial score (nSPS) is 11.9. The van der Waals surface area contributed by atoms with E-state index < -0.39 is 11.9 Å². The molecule has 2 heterocycles. The molecule has 0 spiro atoms. The Hall–Kier alpha value is -4.10. The molecule has 1 atom stereocenters. The van der Waals surface area contributed by atoms with Crippen LogP contribution < -0.4 is 10.1 Å². The molecular weight excluding hydrogens is 446 g/mol. The van der Waals surface area contributed by atoms with Gasteiger partial charge in [-0.05, 0) is 48.5 Å². The van der Waals surface area contributed by atoms with Gasteiger partial charge in [-0.25, -0.2) is 4.98 Å². The highest BCUT2D eigenvalue weighted by molar-refractivity contribution is 7.19. The van der Waals surface area contributed by atoms with Gasteiger partial charge in [-0.2, -0.15) is 0 Å². The maximum absolute atomic E-state index is 11.2. The molecule has 0 fully saturated rings. The number of rotatable bonds is 8. The van der Waals surface area contributed by atoms with Gasteiger partial charge in [0.15, 0.2) is 5.13 Å². The number of hydrogen-bond donors (Lipinski definition) is 3. The van der Waals surface area contributed by atoms with Crippen LogP contribution in [0.1, 0.15) is 6.92 Å². The third kappa shape index (κ3) is 4.51. The van der Waals surface area contributed by atoms with Crippen LogP contribution >= 0.6 is 11.3 Å². The number of ether oxygens (including phenoxy) is 1. The van der Waals surface area contributed by atoms with Crippen LogP contribution in [0.2, 0.25) is 0 Å². The largest absolute Gasteiger partial charge is 0.481 e. The first-order valence-corrected chi connectivity index (χ1v) is 11.8. The fourth-order valence-electron chi connectivity index (χ4n) is 3.69. The zero-order valence-corrected chi connectivity index (χ0v) is 19.3. The van der Waals surface area contributed by atoms with Crippen molar-refractivity contribution in [1.82, 2.24) is 9.97 Å². The van der Waals surface area contributed by atoms with Crippen molar-refractivity contribution in [3.05, 3.63) is 85.1 Å². The molecule has 5 rings (SSSR count). The topological polar surface area (TPSA) is 87.2 Å². The number of aliphatic carboxylic acids is 1. The second kappa shape index (κ2) is 9.41. The number of benzene rings is 3. The van der Waals surface area contributed by atoms with Crippen LogP contribution in [0.25, 0.3) is 32.6 Å². The van der Waals surface area contributed by atoms with Crippen LogP contribution in [-0.4, -0.2) is 27.6 Å². The molecule has 7 heteroatoms. The van der Waals surface area contributed by atoms with E-state index in [1.54, 1.807) is 6.92 Å². The predicted octanol–water partition coefficient (Wildman–Crippen LogP) is 6.88. The molecule has 2 aromatic heterocycles. The van der Waals surface area contributed by atoms with Crippen LogP contribution in [0.5, 0.6) is 11.5 Å². The second-order valence-corrected chi connectivity index (χ2v) is 9.00. The highest BCUT2D eigenvalue weighted by Crippen LogP contribution is 2.42. The molecule has 3 N–H and O–H groups in total. The van der Waals surface area contributed by atoms with E-state index in [2.05, 4.69) is 22.4 Å². The Morgan fingerprint density at radius 3 is 2.56 bits per heavy atom. The van der Waals surface area contributed by atoms with Crippen molar-refractivity contribution in [2.75, 3.05) is 11.9 Å². The number of nitrogens with one attached hydrogen (secondary N) is 2. The van der Waals surface area contributed by atoms with Crippen molar-refractivity contribution < 1.29 is 14.6 Å². The number of anilines is 1. The van der Waals surface area contributed by atoms with Gasteiger partial charge in [0.1, 0.15) is 11.5 Å². The number of carboxylic acids is 1. The van der Waals surface area contributed by atoms with Crippen LogP contribution in [0.4, 0.5) is 5.13 Å². The zero-order valence-electron chi connectivity index (χ0n) is 18.5. The van der Waals surface area contributed by atoms with Crippen LogP contribution in [-0.2, 0) is 4.79 Å². The third-order valence-electron chi connectivity index (χ3n) is 5.55. The molecule has 1 unspecified atom stereocenters. The summed E-state index contributed by atoms with van der Waals surface area (Å²) in [5, 5.41) is 14.2. The first kappa shape index (κ1) is 21.7. The van der Waals surface area contributed by atoms with Crippen molar-refractivity contribution in [3.63, 3.8) is 0 Å². The van der Waals surface area contributed by atoms with Crippen LogP contribution in [0.15, 0.2) is 85.1 Å². The Bertz CT molecular complexity index is 1420. The molecule has 0 amide bonds. The zero-order chi connectivity index (χ0) is 23.5. The van der Waals surface area contributed by atoms with Gasteiger partial charge < -0.3 is 20.1 Å². The van der Waals surface area contributed by atoms with Crippen molar-refractivity contribution >= 4 is 33.3 Å². The highest BCUT2D eigenvalue weighted by atomic mass is 32.1. The molecule has 0 saturated carbocycles. The Morgan fingerprint density at radius 1 is 1.03 bits per heavy atom. The van der Waals surface area contributed by atoms with Gasteiger partial charge in [-0.1, -0.05) is 48.6 Å². The lowest BCUT2D eigenvalue weighted by Gasteiger charge is -2.08. The van der Waals surface area contributed by atoms with Gasteiger partial charge in [0.05, 0.1) is 16.5 Å². The Balaban J connectivity index is 1.51. The Morgan fingerprint density at radius 2 is 1.79 bits per heavy atom.